The van der Waals surface area contributed by atoms with Gasteiger partial charge >= 0.3 is 11.9 Å². The predicted molar refractivity (Wildman–Crippen MR) is 357 cm³/mol. The molecule has 31 heteroatoms. The summed E-state index contributed by atoms with van der Waals surface area (Å²) in [5.41, 5.74) is 6.93. The van der Waals surface area contributed by atoms with Crippen LogP contribution in [-0.4, -0.2) is 217 Å². The second-order valence-corrected chi connectivity index (χ2v) is 26.8. The third kappa shape index (κ3) is 25.4. The molecule has 0 bridgehead atoms. The Labute approximate surface area is 569 Å². The molecule has 538 valence electrons. The SMILES string of the molecule is CC[C@H](C)[C@H](NC(=O)[C@H](Cc1ccc(O)cc1)NC(=O)[C@@H]1CCCN1C(=O)[C@@H]1CCCN1C(=O)[C@H](Cc1ccc(O)cc1)NC(=O)CNC(=O)[C@@H](NC(=O)[C@H](CC(C)C)NC(=O)[C@H](CC(C)C)NC(=O)[C@H](CC(=O)O)NC(=O)[C@H](CO)NC(=O)[C@@H](N)CCSC)[C@@H](C)CC)C(=O)O. The molecule has 2 aliphatic rings. The summed E-state index contributed by atoms with van der Waals surface area (Å²) < 4.78 is 0. The number of hydrogen-bond donors (Lipinski definition) is 15. The van der Waals surface area contributed by atoms with Gasteiger partial charge in [0.1, 0.15) is 71.9 Å². The van der Waals surface area contributed by atoms with Crippen molar-refractivity contribution in [2.75, 3.05) is 38.2 Å². The Morgan fingerprint density at radius 1 is 0.546 bits per heavy atom. The van der Waals surface area contributed by atoms with Crippen molar-refractivity contribution in [3.63, 3.8) is 0 Å². The maximum absolute atomic E-state index is 14.9. The highest BCUT2D eigenvalue weighted by atomic mass is 32.2. The van der Waals surface area contributed by atoms with E-state index in [0.717, 1.165) is 0 Å². The van der Waals surface area contributed by atoms with E-state index in [2.05, 4.69) is 47.9 Å². The van der Waals surface area contributed by atoms with Gasteiger partial charge in [-0.1, -0.05) is 92.5 Å². The first-order chi connectivity index (χ1) is 45.8. The van der Waals surface area contributed by atoms with E-state index in [1.165, 1.54) is 58.0 Å². The van der Waals surface area contributed by atoms with Gasteiger partial charge < -0.3 is 88.9 Å². The van der Waals surface area contributed by atoms with Gasteiger partial charge in [-0.3, -0.25) is 57.5 Å². The van der Waals surface area contributed by atoms with Crippen LogP contribution < -0.4 is 53.6 Å². The number of aliphatic carboxylic acids is 2. The molecule has 0 radical (unpaired) electrons. The highest BCUT2D eigenvalue weighted by molar-refractivity contribution is 7.98. The van der Waals surface area contributed by atoms with Gasteiger partial charge in [0.25, 0.3) is 0 Å². The first kappa shape index (κ1) is 80.9. The van der Waals surface area contributed by atoms with Crippen LogP contribution in [0.2, 0.25) is 0 Å². The molecule has 0 saturated carbocycles. The number of rotatable bonds is 39. The van der Waals surface area contributed by atoms with Gasteiger partial charge in [-0.2, -0.15) is 11.8 Å². The molecule has 30 nitrogen and oxygen atoms in total. The number of phenolic OH excluding ortho intramolecular Hbond substituents is 2. The summed E-state index contributed by atoms with van der Waals surface area (Å²) in [6.07, 6.45) is 2.67. The lowest BCUT2D eigenvalue weighted by molar-refractivity contribution is -0.148. The van der Waals surface area contributed by atoms with Crippen LogP contribution in [0.4, 0.5) is 0 Å². The van der Waals surface area contributed by atoms with Crippen LogP contribution in [0.3, 0.4) is 0 Å². The summed E-state index contributed by atoms with van der Waals surface area (Å²) in [4.78, 5) is 181. The molecule has 16 N–H and O–H groups in total. The fraction of sp³-hybridized carbons (Fsp3) is 0.621. The molecule has 2 saturated heterocycles. The van der Waals surface area contributed by atoms with Crippen molar-refractivity contribution in [3.8, 4) is 11.5 Å². The van der Waals surface area contributed by atoms with E-state index in [4.69, 9.17) is 5.73 Å². The lowest BCUT2D eigenvalue weighted by atomic mass is 9.96. The summed E-state index contributed by atoms with van der Waals surface area (Å²) in [5, 5.41) is 72.6. The van der Waals surface area contributed by atoms with E-state index in [-0.39, 0.29) is 81.4 Å². The van der Waals surface area contributed by atoms with Crippen LogP contribution in [0, 0.1) is 23.7 Å². The zero-order valence-electron chi connectivity index (χ0n) is 56.7. The first-order valence-corrected chi connectivity index (χ1v) is 34.4. The van der Waals surface area contributed by atoms with Crippen molar-refractivity contribution < 1.29 is 87.9 Å². The molecule has 2 aromatic rings. The Hall–Kier alpha value is -8.58. The molecule has 0 unspecified atom stereocenters. The number of aliphatic hydroxyl groups is 1. The molecule has 0 aromatic heterocycles. The Balaban J connectivity index is 1.51. The van der Waals surface area contributed by atoms with E-state index < -0.39 is 175 Å². The number of carboxylic acids is 2. The number of phenols is 2. The van der Waals surface area contributed by atoms with E-state index >= 15 is 0 Å². The van der Waals surface area contributed by atoms with Gasteiger partial charge in [0, 0.05) is 25.9 Å². The van der Waals surface area contributed by atoms with Crippen LogP contribution in [0.5, 0.6) is 11.5 Å². The number of thioether (sulfide) groups is 1. The number of likely N-dealkylation sites (tertiary alicyclic amines) is 2. The summed E-state index contributed by atoms with van der Waals surface area (Å²) >= 11 is 1.43. The largest absolute Gasteiger partial charge is 0.508 e. The molecule has 2 heterocycles. The molecule has 97 heavy (non-hydrogen) atoms. The molecule has 11 amide bonds. The van der Waals surface area contributed by atoms with Gasteiger partial charge in [-0.25, -0.2) is 4.79 Å². The number of carbonyl (C=O) groups excluding carboxylic acids is 11. The number of nitrogens with one attached hydrogen (secondary N) is 9. The van der Waals surface area contributed by atoms with E-state index in [1.807, 2.05) is 0 Å². The topological polar surface area (TPSA) is 464 Å². The molecule has 13 atom stereocenters. The zero-order chi connectivity index (χ0) is 72.4. The van der Waals surface area contributed by atoms with Crippen LogP contribution in [0.15, 0.2) is 48.5 Å². The minimum absolute atomic E-state index is 0.0120. The normalized spacial score (nSPS) is 17.9. The number of nitrogens with two attached hydrogens (primary N) is 1. The summed E-state index contributed by atoms with van der Waals surface area (Å²) in [5.74, 6) is -13.0. The lowest BCUT2D eigenvalue weighted by Gasteiger charge is -2.33. The Bertz CT molecular complexity index is 3050. The molecule has 2 aliphatic heterocycles. The number of amides is 11. The van der Waals surface area contributed by atoms with E-state index in [0.29, 0.717) is 42.6 Å². The van der Waals surface area contributed by atoms with Crippen molar-refractivity contribution in [3.05, 3.63) is 59.7 Å². The van der Waals surface area contributed by atoms with Crippen molar-refractivity contribution >= 4 is 88.7 Å². The van der Waals surface area contributed by atoms with Gasteiger partial charge in [0.2, 0.25) is 65.0 Å². The van der Waals surface area contributed by atoms with Crippen LogP contribution in [0.25, 0.3) is 0 Å². The second kappa shape index (κ2) is 39.6. The summed E-state index contributed by atoms with van der Waals surface area (Å²) in [7, 11) is 0. The van der Waals surface area contributed by atoms with Crippen molar-refractivity contribution in [2.45, 2.75) is 199 Å². The number of hydrogen-bond acceptors (Lipinski definition) is 18. The van der Waals surface area contributed by atoms with Gasteiger partial charge in [0.05, 0.1) is 25.6 Å². The Morgan fingerprint density at radius 2 is 1.00 bits per heavy atom. The van der Waals surface area contributed by atoms with Gasteiger partial charge in [-0.05, 0) is 116 Å². The lowest BCUT2D eigenvalue weighted by Crippen LogP contribution is -2.61. The standard InChI is InChI=1S/C66H100N12O18S/c1-10-37(7)54(75-59(88)45(29-36(5)6)71-57(86)44(28-35(3)4)70-58(87)47(32-53(83)84)72-61(90)49(34-79)74-56(85)43(67)24-27-97-9)63(92)68-33-52(82)69-48(31-40-18-22-42(81)23-19-40)64(93)78-26-13-15-51(78)65(94)77-25-12-14-50(77)62(91)73-46(30-39-16-20-41(80)21-17-39)60(89)76-55(66(95)96)38(8)11-2/h16-23,35-38,43-51,54-55,79-81H,10-15,24-34,67H2,1-9H3,(H,68,92)(H,69,82)(H,70,87)(H,71,86)(H,72,90)(H,73,91)(H,74,85)(H,75,88)(H,76,89)(H,83,84)(H,95,96)/t37-,38-,43-,44-,45-,46-,47-,48-,49-,50-,51-,54-,55-/m0/s1. The summed E-state index contributed by atoms with van der Waals surface area (Å²) in [6.45, 7) is 12.4. The van der Waals surface area contributed by atoms with Crippen molar-refractivity contribution in [2.24, 2.45) is 29.4 Å². The first-order valence-electron chi connectivity index (χ1n) is 33.0. The number of benzene rings is 2. The maximum atomic E-state index is 14.9. The van der Waals surface area contributed by atoms with E-state index in [1.54, 1.807) is 73.8 Å². The molecule has 2 aromatic carbocycles. The van der Waals surface area contributed by atoms with Crippen LogP contribution in [0.1, 0.15) is 131 Å². The van der Waals surface area contributed by atoms with Gasteiger partial charge in [0.15, 0.2) is 0 Å². The average Bonchev–Trinajstić information content (AvgIpc) is 1.68. The molecule has 4 rings (SSSR count). The monoisotopic (exact) mass is 1380 g/mol. The third-order valence-corrected chi connectivity index (χ3v) is 17.8. The van der Waals surface area contributed by atoms with Crippen molar-refractivity contribution in [1.29, 1.82) is 0 Å². The fourth-order valence-corrected chi connectivity index (χ4v) is 11.8. The number of carboxylic acid groups (broad SMARTS) is 2. The minimum Gasteiger partial charge on any atom is -0.508 e. The number of aromatic hydroxyl groups is 2. The number of carbonyl (C=O) groups is 13. The highest BCUT2D eigenvalue weighted by Gasteiger charge is 2.45. The van der Waals surface area contributed by atoms with E-state index in [9.17, 15) is 87.9 Å². The third-order valence-electron chi connectivity index (χ3n) is 17.1. The quantitative estimate of drug-likeness (QED) is 0.0408. The average molecular weight is 1380 g/mol. The fourth-order valence-electron chi connectivity index (χ4n) is 11.3. The molecule has 2 fully saturated rings. The second-order valence-electron chi connectivity index (χ2n) is 25.8. The molecular weight excluding hydrogens is 1280 g/mol. The minimum atomic E-state index is -1.82. The molecule has 0 spiro atoms. The number of nitrogens with zero attached hydrogens (tertiary/aromatic N) is 2. The maximum Gasteiger partial charge on any atom is 0.326 e. The highest BCUT2D eigenvalue weighted by Crippen LogP contribution is 2.27. The van der Waals surface area contributed by atoms with Crippen LogP contribution >= 0.6 is 11.8 Å². The Morgan fingerprint density at radius 3 is 1.51 bits per heavy atom. The van der Waals surface area contributed by atoms with Crippen molar-refractivity contribution in [1.82, 2.24) is 57.7 Å². The predicted octanol–water partition coefficient (Wildman–Crippen LogP) is -0.324. The molecular formula is C66H100N12O18S. The smallest absolute Gasteiger partial charge is 0.326 e. The molecule has 0 aliphatic carbocycles. The summed E-state index contributed by atoms with van der Waals surface area (Å²) in [6, 6.07) is -2.97. The number of aliphatic hydroxyl groups excluding tert-OH is 1. The Kier molecular flexibility index (Phi) is 33.0. The van der Waals surface area contributed by atoms with Gasteiger partial charge in [-0.15, -0.1) is 0 Å². The van der Waals surface area contributed by atoms with Crippen LogP contribution in [-0.2, 0) is 75.2 Å². The zero-order valence-corrected chi connectivity index (χ0v) is 57.5.